The van der Waals surface area contributed by atoms with Crippen molar-refractivity contribution >= 4 is 5.69 Å². The minimum absolute atomic E-state index is 0.158. The molecule has 162 valence electrons. The molecule has 1 N–H and O–H groups in total. The Morgan fingerprint density at radius 1 is 1.03 bits per heavy atom. The third kappa shape index (κ3) is 4.99. The Kier molecular flexibility index (Phi) is 6.06. The maximum atomic E-state index is 10.5. The average Bonchev–Trinajstić information content (AvgIpc) is 3.06. The lowest BCUT2D eigenvalue weighted by molar-refractivity contribution is 0.0660. The van der Waals surface area contributed by atoms with Gasteiger partial charge in [-0.05, 0) is 49.7 Å². The van der Waals surface area contributed by atoms with Crippen molar-refractivity contribution in [2.45, 2.75) is 32.0 Å². The smallest absolute Gasteiger partial charge is 0.127 e. The van der Waals surface area contributed by atoms with E-state index in [1.807, 2.05) is 24.3 Å². The molecule has 1 saturated heterocycles. The second-order valence-corrected chi connectivity index (χ2v) is 8.76. The molecule has 1 fully saturated rings. The SMILES string of the molecule is COc1ccc(N2CCN(CC(O)COc3ccc4c(c3)OC(C)(C)C4)CC2)cc1. The first-order valence-electron chi connectivity index (χ1n) is 10.7. The minimum Gasteiger partial charge on any atom is -0.497 e. The van der Waals surface area contributed by atoms with E-state index >= 15 is 0 Å². The van der Waals surface area contributed by atoms with E-state index in [4.69, 9.17) is 14.2 Å². The topological polar surface area (TPSA) is 54.4 Å². The molecule has 2 heterocycles. The number of aliphatic hydroxyl groups excluding tert-OH is 1. The normalized spacial score (nSPS) is 19.1. The van der Waals surface area contributed by atoms with Crippen LogP contribution in [0.4, 0.5) is 5.69 Å². The number of methoxy groups -OCH3 is 1. The molecule has 2 aliphatic heterocycles. The van der Waals surface area contributed by atoms with Gasteiger partial charge in [0.05, 0.1) is 7.11 Å². The monoisotopic (exact) mass is 412 g/mol. The maximum absolute atomic E-state index is 10.5. The van der Waals surface area contributed by atoms with Gasteiger partial charge >= 0.3 is 0 Å². The molecule has 0 saturated carbocycles. The van der Waals surface area contributed by atoms with Crippen LogP contribution < -0.4 is 19.1 Å². The Hall–Kier alpha value is -2.44. The van der Waals surface area contributed by atoms with Crippen LogP contribution in [0.5, 0.6) is 17.2 Å². The molecule has 0 spiro atoms. The lowest BCUT2D eigenvalue weighted by Gasteiger charge is -2.36. The molecule has 4 rings (SSSR count). The number of ether oxygens (including phenoxy) is 3. The van der Waals surface area contributed by atoms with E-state index < -0.39 is 6.10 Å². The van der Waals surface area contributed by atoms with Gasteiger partial charge in [0, 0.05) is 50.9 Å². The van der Waals surface area contributed by atoms with Crippen LogP contribution in [0.2, 0.25) is 0 Å². The van der Waals surface area contributed by atoms with Gasteiger partial charge in [0.2, 0.25) is 0 Å². The predicted molar refractivity (Wildman–Crippen MR) is 118 cm³/mol. The number of hydrogen-bond donors (Lipinski definition) is 1. The van der Waals surface area contributed by atoms with Crippen molar-refractivity contribution in [2.24, 2.45) is 0 Å². The van der Waals surface area contributed by atoms with Crippen LogP contribution >= 0.6 is 0 Å². The number of piperazine rings is 1. The maximum Gasteiger partial charge on any atom is 0.127 e. The van der Waals surface area contributed by atoms with Gasteiger partial charge in [0.1, 0.15) is 35.6 Å². The summed E-state index contributed by atoms with van der Waals surface area (Å²) in [6.45, 7) is 8.80. The number of rotatable bonds is 7. The molecule has 0 bridgehead atoms. The number of hydrogen-bond acceptors (Lipinski definition) is 6. The highest BCUT2D eigenvalue weighted by atomic mass is 16.5. The number of benzene rings is 2. The van der Waals surface area contributed by atoms with E-state index in [0.29, 0.717) is 6.54 Å². The predicted octanol–water partition coefficient (Wildman–Crippen LogP) is 2.97. The summed E-state index contributed by atoms with van der Waals surface area (Å²) in [5.74, 6) is 2.51. The summed E-state index contributed by atoms with van der Waals surface area (Å²) in [6.07, 6.45) is 0.386. The molecule has 2 aromatic carbocycles. The summed E-state index contributed by atoms with van der Waals surface area (Å²) in [6, 6.07) is 14.1. The summed E-state index contributed by atoms with van der Waals surface area (Å²) in [5.41, 5.74) is 2.26. The fourth-order valence-corrected chi connectivity index (χ4v) is 4.18. The lowest BCUT2D eigenvalue weighted by atomic mass is 10.0. The van der Waals surface area contributed by atoms with Gasteiger partial charge in [-0.3, -0.25) is 4.90 Å². The van der Waals surface area contributed by atoms with Crippen LogP contribution in [0.15, 0.2) is 42.5 Å². The van der Waals surface area contributed by atoms with Crippen LogP contribution in [0, 0.1) is 0 Å². The minimum atomic E-state index is -0.525. The fourth-order valence-electron chi connectivity index (χ4n) is 4.18. The zero-order valence-corrected chi connectivity index (χ0v) is 18.1. The van der Waals surface area contributed by atoms with Gasteiger partial charge in [-0.25, -0.2) is 0 Å². The number of nitrogens with zero attached hydrogens (tertiary/aromatic N) is 2. The zero-order valence-electron chi connectivity index (χ0n) is 18.1. The number of fused-ring (bicyclic) bond motifs is 1. The van der Waals surface area contributed by atoms with Crippen molar-refractivity contribution < 1.29 is 19.3 Å². The van der Waals surface area contributed by atoms with E-state index in [0.717, 1.165) is 49.8 Å². The van der Waals surface area contributed by atoms with E-state index in [9.17, 15) is 5.11 Å². The Balaban J connectivity index is 1.21. The van der Waals surface area contributed by atoms with Gasteiger partial charge < -0.3 is 24.2 Å². The molecule has 0 aromatic heterocycles. The molecule has 1 atom stereocenters. The standard InChI is InChI=1S/C24H32N2O4/c1-24(2)15-18-4-7-22(14-23(18)30-24)29-17-20(27)16-25-10-12-26(13-11-25)19-5-8-21(28-3)9-6-19/h4-9,14,20,27H,10-13,15-17H2,1-3H3. The van der Waals surface area contributed by atoms with Gasteiger partial charge in [-0.2, -0.15) is 0 Å². The molecule has 0 amide bonds. The van der Waals surface area contributed by atoms with Crippen molar-refractivity contribution in [2.75, 3.05) is 51.3 Å². The van der Waals surface area contributed by atoms with E-state index in [2.05, 4.69) is 41.8 Å². The third-order valence-corrected chi connectivity index (χ3v) is 5.76. The Morgan fingerprint density at radius 3 is 2.43 bits per heavy atom. The van der Waals surface area contributed by atoms with Crippen molar-refractivity contribution in [3.8, 4) is 17.2 Å². The first-order valence-corrected chi connectivity index (χ1v) is 10.7. The molecule has 30 heavy (non-hydrogen) atoms. The van der Waals surface area contributed by atoms with Crippen molar-refractivity contribution in [1.82, 2.24) is 4.90 Å². The highest BCUT2D eigenvalue weighted by molar-refractivity contribution is 5.49. The zero-order chi connectivity index (χ0) is 21.1. The molecular formula is C24H32N2O4. The molecule has 1 unspecified atom stereocenters. The molecule has 2 aromatic rings. The average molecular weight is 413 g/mol. The Morgan fingerprint density at radius 2 is 1.73 bits per heavy atom. The van der Waals surface area contributed by atoms with Crippen molar-refractivity contribution in [3.63, 3.8) is 0 Å². The Labute approximate surface area is 179 Å². The van der Waals surface area contributed by atoms with Crippen LogP contribution in [-0.2, 0) is 6.42 Å². The number of aliphatic hydroxyl groups is 1. The first kappa shape index (κ1) is 20.8. The molecule has 6 heteroatoms. The molecule has 0 radical (unpaired) electrons. The molecule has 6 nitrogen and oxygen atoms in total. The van der Waals surface area contributed by atoms with E-state index in [1.54, 1.807) is 7.11 Å². The fraction of sp³-hybridized carbons (Fsp3) is 0.500. The van der Waals surface area contributed by atoms with E-state index in [-0.39, 0.29) is 12.2 Å². The molecule has 2 aliphatic rings. The van der Waals surface area contributed by atoms with Crippen molar-refractivity contribution in [1.29, 1.82) is 0 Å². The number of β-amino-alcohol motifs (C(OH)–C–C–N with tert-alkyl or cyclic N) is 1. The highest BCUT2D eigenvalue weighted by Gasteiger charge is 2.30. The quantitative estimate of drug-likeness (QED) is 0.755. The summed E-state index contributed by atoms with van der Waals surface area (Å²) in [5, 5.41) is 10.5. The van der Waals surface area contributed by atoms with E-state index in [1.165, 1.54) is 11.3 Å². The van der Waals surface area contributed by atoms with Crippen LogP contribution in [-0.4, -0.2) is 68.2 Å². The number of anilines is 1. The van der Waals surface area contributed by atoms with Crippen LogP contribution in [0.1, 0.15) is 19.4 Å². The summed E-state index contributed by atoms with van der Waals surface area (Å²) >= 11 is 0. The summed E-state index contributed by atoms with van der Waals surface area (Å²) in [4.78, 5) is 4.66. The summed E-state index contributed by atoms with van der Waals surface area (Å²) < 4.78 is 17.0. The first-order chi connectivity index (χ1) is 14.4. The molecule has 0 aliphatic carbocycles. The third-order valence-electron chi connectivity index (χ3n) is 5.76. The van der Waals surface area contributed by atoms with Crippen LogP contribution in [0.25, 0.3) is 0 Å². The lowest BCUT2D eigenvalue weighted by Crippen LogP contribution is -2.49. The van der Waals surface area contributed by atoms with Crippen LogP contribution in [0.3, 0.4) is 0 Å². The molecular weight excluding hydrogens is 380 g/mol. The largest absolute Gasteiger partial charge is 0.497 e. The summed E-state index contributed by atoms with van der Waals surface area (Å²) in [7, 11) is 1.68. The van der Waals surface area contributed by atoms with Gasteiger partial charge in [-0.15, -0.1) is 0 Å². The second kappa shape index (κ2) is 8.74. The second-order valence-electron chi connectivity index (χ2n) is 8.76. The highest BCUT2D eigenvalue weighted by Crippen LogP contribution is 2.37. The van der Waals surface area contributed by atoms with Gasteiger partial charge in [0.25, 0.3) is 0 Å². The van der Waals surface area contributed by atoms with Crippen molar-refractivity contribution in [3.05, 3.63) is 48.0 Å². The van der Waals surface area contributed by atoms with Gasteiger partial charge in [0.15, 0.2) is 0 Å². The Bertz CT molecular complexity index is 845. The van der Waals surface area contributed by atoms with Gasteiger partial charge in [-0.1, -0.05) is 6.07 Å².